The minimum atomic E-state index is -0.881. The third-order valence-electron chi connectivity index (χ3n) is 5.36. The highest BCUT2D eigenvalue weighted by atomic mass is 32.2. The van der Waals surface area contributed by atoms with Gasteiger partial charge in [-0.1, -0.05) is 42.5 Å². The Morgan fingerprint density at radius 2 is 1.49 bits per heavy atom. The van der Waals surface area contributed by atoms with Gasteiger partial charge in [0.25, 0.3) is 0 Å². The maximum Gasteiger partial charge on any atom is 0.242 e. The number of phenolic OH excluding ortho intramolecular Hbond substituents is 1. The average molecular weight is 530 g/mol. The average Bonchev–Trinajstić information content (AvgIpc) is 2.89. The van der Waals surface area contributed by atoms with Crippen molar-refractivity contribution in [1.29, 1.82) is 0 Å². The van der Waals surface area contributed by atoms with Gasteiger partial charge in [0, 0.05) is 13.0 Å². The molecule has 0 saturated heterocycles. The number of phenols is 1. The molecule has 2 rings (SSSR count). The zero-order chi connectivity index (χ0) is 27.0. The number of thioether (sulfide) groups is 1. The number of carbonyl (C=O) groups excluding carboxylic acids is 4. The van der Waals surface area contributed by atoms with Crippen LogP contribution in [0.15, 0.2) is 54.6 Å². The van der Waals surface area contributed by atoms with E-state index in [-0.39, 0.29) is 31.2 Å². The van der Waals surface area contributed by atoms with E-state index in [2.05, 4.69) is 21.3 Å². The van der Waals surface area contributed by atoms with Crippen molar-refractivity contribution in [2.45, 2.75) is 31.3 Å². The molecule has 2 aromatic carbocycles. The lowest BCUT2D eigenvalue weighted by Crippen LogP contribution is -2.51. The van der Waals surface area contributed by atoms with Gasteiger partial charge in [-0.3, -0.25) is 19.2 Å². The Morgan fingerprint density at radius 1 is 0.838 bits per heavy atom. The Kier molecular flexibility index (Phi) is 13.0. The number of rotatable bonds is 15. The van der Waals surface area contributed by atoms with E-state index in [1.54, 1.807) is 23.9 Å². The van der Waals surface area contributed by atoms with Crippen molar-refractivity contribution in [2.75, 3.05) is 31.6 Å². The summed E-state index contributed by atoms with van der Waals surface area (Å²) in [5.74, 6) is -0.875. The van der Waals surface area contributed by atoms with Gasteiger partial charge in [0.05, 0.1) is 19.1 Å². The van der Waals surface area contributed by atoms with Crippen LogP contribution in [0.3, 0.4) is 0 Å². The van der Waals surface area contributed by atoms with Gasteiger partial charge in [-0.05, 0) is 48.1 Å². The number of nitrogens with one attached hydrogen (secondary N) is 4. The maximum absolute atomic E-state index is 12.7. The van der Waals surface area contributed by atoms with Crippen molar-refractivity contribution < 1.29 is 24.3 Å². The predicted molar refractivity (Wildman–Crippen MR) is 144 cm³/mol. The second-order valence-corrected chi connectivity index (χ2v) is 9.40. The van der Waals surface area contributed by atoms with E-state index in [9.17, 15) is 24.3 Å². The molecule has 4 amide bonds. The SMILES string of the molecule is CSCCCNC(=O)[C@H](Cc1ccccc1)NC(=O)CNC(=O)CNC(=O)[C@@H](N)Cc1ccc(O)cc1. The summed E-state index contributed by atoms with van der Waals surface area (Å²) in [5, 5.41) is 19.7. The molecule has 11 heteroatoms. The van der Waals surface area contributed by atoms with E-state index >= 15 is 0 Å². The van der Waals surface area contributed by atoms with E-state index in [0.717, 1.165) is 23.3 Å². The van der Waals surface area contributed by atoms with Crippen molar-refractivity contribution in [1.82, 2.24) is 21.3 Å². The molecule has 0 spiro atoms. The third kappa shape index (κ3) is 11.8. The van der Waals surface area contributed by atoms with Crippen LogP contribution in [-0.4, -0.2) is 72.5 Å². The largest absolute Gasteiger partial charge is 0.508 e. The number of benzene rings is 2. The highest BCUT2D eigenvalue weighted by Crippen LogP contribution is 2.11. The number of carbonyl (C=O) groups is 4. The molecule has 0 aliphatic carbocycles. The van der Waals surface area contributed by atoms with Crippen molar-refractivity contribution >= 4 is 35.4 Å². The van der Waals surface area contributed by atoms with Crippen LogP contribution >= 0.6 is 11.8 Å². The Morgan fingerprint density at radius 3 is 2.16 bits per heavy atom. The molecule has 0 unspecified atom stereocenters. The molecule has 2 atom stereocenters. The van der Waals surface area contributed by atoms with E-state index < -0.39 is 29.8 Å². The zero-order valence-corrected chi connectivity index (χ0v) is 21.7. The minimum absolute atomic E-state index is 0.112. The first-order chi connectivity index (χ1) is 17.8. The lowest BCUT2D eigenvalue weighted by atomic mass is 10.1. The molecule has 0 bridgehead atoms. The lowest BCUT2D eigenvalue weighted by molar-refractivity contribution is -0.130. The maximum atomic E-state index is 12.7. The molecule has 2 aromatic rings. The van der Waals surface area contributed by atoms with Gasteiger partial charge in [-0.25, -0.2) is 0 Å². The van der Waals surface area contributed by atoms with Gasteiger partial charge in [-0.15, -0.1) is 0 Å². The number of hydrogen-bond acceptors (Lipinski definition) is 7. The Bertz CT molecular complexity index is 1020. The fourth-order valence-corrected chi connectivity index (χ4v) is 3.81. The van der Waals surface area contributed by atoms with E-state index in [1.165, 1.54) is 12.1 Å². The summed E-state index contributed by atoms with van der Waals surface area (Å²) in [6.45, 7) is -0.190. The van der Waals surface area contributed by atoms with Gasteiger partial charge in [0.2, 0.25) is 23.6 Å². The molecule has 7 N–H and O–H groups in total. The van der Waals surface area contributed by atoms with Gasteiger partial charge in [0.15, 0.2) is 0 Å². The first-order valence-corrected chi connectivity index (χ1v) is 13.4. The second-order valence-electron chi connectivity index (χ2n) is 8.42. The molecule has 37 heavy (non-hydrogen) atoms. The summed E-state index contributed by atoms with van der Waals surface area (Å²) in [5.41, 5.74) is 7.54. The molecule has 0 saturated carbocycles. The normalized spacial score (nSPS) is 12.2. The second kappa shape index (κ2) is 16.2. The fraction of sp³-hybridized carbons (Fsp3) is 0.385. The zero-order valence-electron chi connectivity index (χ0n) is 20.9. The molecular formula is C26H35N5O5S. The van der Waals surface area contributed by atoms with Crippen LogP contribution in [0, 0.1) is 0 Å². The quantitative estimate of drug-likeness (QED) is 0.178. The summed E-state index contributed by atoms with van der Waals surface area (Å²) in [6, 6.07) is 14.0. The molecule has 0 fully saturated rings. The lowest BCUT2D eigenvalue weighted by Gasteiger charge is -2.19. The standard InChI is InChI=1S/C26H35N5O5S/c1-37-13-5-12-28-26(36)22(15-18-6-3-2-4-7-18)31-24(34)17-29-23(33)16-30-25(35)21(27)14-19-8-10-20(32)11-9-19/h2-4,6-11,21-22,32H,5,12-17,27H2,1H3,(H,28,36)(H,29,33)(H,30,35)(H,31,34)/t21-,22-/m0/s1. The first-order valence-electron chi connectivity index (χ1n) is 12.0. The Balaban J connectivity index is 1.78. The molecule has 0 aliphatic rings. The topological polar surface area (TPSA) is 163 Å². The third-order valence-corrected chi connectivity index (χ3v) is 6.05. The molecule has 10 nitrogen and oxygen atoms in total. The number of nitrogens with two attached hydrogens (primary N) is 1. The Hall–Kier alpha value is -3.57. The van der Waals surface area contributed by atoms with Crippen molar-refractivity contribution in [2.24, 2.45) is 5.73 Å². The number of amides is 4. The molecule has 0 aromatic heterocycles. The van der Waals surface area contributed by atoms with Crippen LogP contribution in [-0.2, 0) is 32.0 Å². The summed E-state index contributed by atoms with van der Waals surface area (Å²) >= 11 is 1.69. The van der Waals surface area contributed by atoms with Gasteiger partial charge < -0.3 is 32.1 Å². The van der Waals surface area contributed by atoms with Crippen LogP contribution in [0.5, 0.6) is 5.75 Å². The summed E-state index contributed by atoms with van der Waals surface area (Å²) in [4.78, 5) is 49.5. The summed E-state index contributed by atoms with van der Waals surface area (Å²) in [7, 11) is 0. The van der Waals surface area contributed by atoms with Gasteiger partial charge in [-0.2, -0.15) is 11.8 Å². The smallest absolute Gasteiger partial charge is 0.242 e. The van der Waals surface area contributed by atoms with Crippen LogP contribution in [0.1, 0.15) is 17.5 Å². The van der Waals surface area contributed by atoms with E-state index in [4.69, 9.17) is 5.73 Å². The highest BCUT2D eigenvalue weighted by molar-refractivity contribution is 7.98. The highest BCUT2D eigenvalue weighted by Gasteiger charge is 2.21. The molecule has 0 radical (unpaired) electrons. The van der Waals surface area contributed by atoms with Crippen LogP contribution in [0.4, 0.5) is 0 Å². The predicted octanol–water partition coefficient (Wildman–Crippen LogP) is 0.0912. The number of hydrogen-bond donors (Lipinski definition) is 6. The van der Waals surface area contributed by atoms with E-state index in [0.29, 0.717) is 13.0 Å². The fourth-order valence-electron chi connectivity index (χ4n) is 3.37. The van der Waals surface area contributed by atoms with Gasteiger partial charge >= 0.3 is 0 Å². The monoisotopic (exact) mass is 529 g/mol. The molecule has 0 aliphatic heterocycles. The Labute approximate surface area is 221 Å². The van der Waals surface area contributed by atoms with Crippen LogP contribution < -0.4 is 27.0 Å². The first kappa shape index (κ1) is 29.7. The van der Waals surface area contributed by atoms with Crippen molar-refractivity contribution in [3.8, 4) is 5.75 Å². The molecule has 200 valence electrons. The minimum Gasteiger partial charge on any atom is -0.508 e. The number of aromatic hydroxyl groups is 1. The van der Waals surface area contributed by atoms with Crippen LogP contribution in [0.2, 0.25) is 0 Å². The molecular weight excluding hydrogens is 494 g/mol. The van der Waals surface area contributed by atoms with Gasteiger partial charge in [0.1, 0.15) is 11.8 Å². The van der Waals surface area contributed by atoms with Crippen LogP contribution in [0.25, 0.3) is 0 Å². The van der Waals surface area contributed by atoms with E-state index in [1.807, 2.05) is 36.6 Å². The molecule has 0 heterocycles. The summed E-state index contributed by atoms with van der Waals surface area (Å²) in [6.07, 6.45) is 3.35. The van der Waals surface area contributed by atoms with Crippen molar-refractivity contribution in [3.63, 3.8) is 0 Å². The van der Waals surface area contributed by atoms with Crippen molar-refractivity contribution in [3.05, 3.63) is 65.7 Å². The summed E-state index contributed by atoms with van der Waals surface area (Å²) < 4.78 is 0.